The number of carbonyl (C=O) groups is 1. The van der Waals surface area contributed by atoms with E-state index < -0.39 is 32.9 Å². The third-order valence-corrected chi connectivity index (χ3v) is 8.09. The van der Waals surface area contributed by atoms with Crippen LogP contribution >= 0.6 is 0 Å². The Morgan fingerprint density at radius 3 is 2.59 bits per heavy atom. The van der Waals surface area contributed by atoms with E-state index in [1.165, 1.54) is 0 Å². The number of hydrogen-bond acceptors (Lipinski definition) is 6. The van der Waals surface area contributed by atoms with Crippen molar-refractivity contribution in [3.8, 4) is 0 Å². The van der Waals surface area contributed by atoms with E-state index in [0.29, 0.717) is 19.4 Å². The number of aliphatic carboxylic acids is 1. The lowest BCUT2D eigenvalue weighted by Crippen LogP contribution is -2.51. The normalized spacial score (nSPS) is 22.1. The van der Waals surface area contributed by atoms with Crippen LogP contribution in [0.5, 0.6) is 0 Å². The van der Waals surface area contributed by atoms with Crippen LogP contribution in [0.25, 0.3) is 0 Å². The molecule has 0 bridgehead atoms. The lowest BCUT2D eigenvalue weighted by molar-refractivity contribution is -0.249. The van der Waals surface area contributed by atoms with Crippen LogP contribution in [0.1, 0.15) is 44.8 Å². The van der Waals surface area contributed by atoms with Crippen molar-refractivity contribution < 1.29 is 27.8 Å². The van der Waals surface area contributed by atoms with Gasteiger partial charge in [0.15, 0.2) is 16.1 Å². The standard InChI is InChI=1S/C24H29NO6S/c1-24(2,32(28,29)20-12-6-4-7-13-20)23-30-17-19(10-5-3-8-14-21(26)27)22(31-23)18-11-9-15-25-16-18/h3-7,9,11-13,15-16,19,22-23H,8,10,14,17H2,1-2H3,(H,26,27)/b5-3-/t19-,22-,23+/m1/s1. The zero-order valence-corrected chi connectivity index (χ0v) is 19.1. The number of benzene rings is 1. The fourth-order valence-corrected chi connectivity index (χ4v) is 5.16. The lowest BCUT2D eigenvalue weighted by Gasteiger charge is -2.42. The number of rotatable bonds is 9. The van der Waals surface area contributed by atoms with Crippen LogP contribution in [-0.2, 0) is 24.1 Å². The zero-order chi connectivity index (χ0) is 23.2. The molecule has 0 saturated carbocycles. The molecule has 0 aliphatic carbocycles. The summed E-state index contributed by atoms with van der Waals surface area (Å²) in [5, 5.41) is 8.78. The molecular formula is C24H29NO6S. The molecule has 3 rings (SSSR count). The second kappa shape index (κ2) is 10.4. The molecule has 1 aromatic carbocycles. The summed E-state index contributed by atoms with van der Waals surface area (Å²) in [6.45, 7) is 3.54. The number of pyridine rings is 1. The molecule has 172 valence electrons. The molecule has 1 N–H and O–H groups in total. The van der Waals surface area contributed by atoms with Crippen LogP contribution in [0.2, 0.25) is 0 Å². The Kier molecular flexibility index (Phi) is 7.82. The van der Waals surface area contributed by atoms with Crippen molar-refractivity contribution in [2.24, 2.45) is 5.92 Å². The molecule has 0 amide bonds. The van der Waals surface area contributed by atoms with E-state index in [0.717, 1.165) is 5.56 Å². The van der Waals surface area contributed by atoms with Gasteiger partial charge in [0, 0.05) is 24.7 Å². The Bertz CT molecular complexity index is 1020. The predicted octanol–water partition coefficient (Wildman–Crippen LogP) is 4.18. The Morgan fingerprint density at radius 2 is 1.94 bits per heavy atom. The summed E-state index contributed by atoms with van der Waals surface area (Å²) >= 11 is 0. The molecule has 2 aromatic rings. The highest BCUT2D eigenvalue weighted by Gasteiger charge is 2.48. The molecule has 8 heteroatoms. The maximum absolute atomic E-state index is 13.3. The summed E-state index contributed by atoms with van der Waals surface area (Å²) in [6, 6.07) is 12.0. The molecule has 1 saturated heterocycles. The molecule has 32 heavy (non-hydrogen) atoms. The summed E-state index contributed by atoms with van der Waals surface area (Å²) in [5.74, 6) is -0.899. The first kappa shape index (κ1) is 24.1. The molecule has 0 radical (unpaired) electrons. The molecule has 2 heterocycles. The van der Waals surface area contributed by atoms with Crippen molar-refractivity contribution in [1.29, 1.82) is 0 Å². The molecular weight excluding hydrogens is 430 g/mol. The van der Waals surface area contributed by atoms with Crippen molar-refractivity contribution in [3.05, 3.63) is 72.6 Å². The zero-order valence-electron chi connectivity index (χ0n) is 18.3. The van der Waals surface area contributed by atoms with Gasteiger partial charge < -0.3 is 14.6 Å². The minimum Gasteiger partial charge on any atom is -0.481 e. The summed E-state index contributed by atoms with van der Waals surface area (Å²) < 4.78 is 37.6. The average molecular weight is 460 g/mol. The van der Waals surface area contributed by atoms with Gasteiger partial charge in [0.2, 0.25) is 0 Å². The van der Waals surface area contributed by atoms with Crippen molar-refractivity contribution in [3.63, 3.8) is 0 Å². The summed E-state index contributed by atoms with van der Waals surface area (Å²) in [6.07, 6.45) is 6.91. The van der Waals surface area contributed by atoms with Gasteiger partial charge >= 0.3 is 5.97 Å². The first-order chi connectivity index (χ1) is 15.2. The Hall–Kier alpha value is -2.55. The van der Waals surface area contributed by atoms with Crippen LogP contribution in [0.4, 0.5) is 0 Å². The molecule has 7 nitrogen and oxygen atoms in total. The Balaban J connectivity index is 1.81. The van der Waals surface area contributed by atoms with E-state index in [1.54, 1.807) is 56.6 Å². The second-order valence-electron chi connectivity index (χ2n) is 8.33. The van der Waals surface area contributed by atoms with Gasteiger partial charge in [0.05, 0.1) is 17.6 Å². The number of ether oxygens (including phenoxy) is 2. The van der Waals surface area contributed by atoms with Crippen molar-refractivity contribution >= 4 is 15.8 Å². The molecule has 3 atom stereocenters. The molecule has 1 aromatic heterocycles. The third kappa shape index (κ3) is 5.43. The summed E-state index contributed by atoms with van der Waals surface area (Å²) in [7, 11) is -3.73. The number of nitrogens with zero attached hydrogens (tertiary/aromatic N) is 1. The largest absolute Gasteiger partial charge is 0.481 e. The van der Waals surface area contributed by atoms with Gasteiger partial charge in [-0.15, -0.1) is 0 Å². The van der Waals surface area contributed by atoms with Gasteiger partial charge in [0.25, 0.3) is 0 Å². The highest BCUT2D eigenvalue weighted by molar-refractivity contribution is 7.92. The van der Waals surface area contributed by atoms with Crippen LogP contribution in [0.3, 0.4) is 0 Å². The topological polar surface area (TPSA) is 103 Å². The highest BCUT2D eigenvalue weighted by atomic mass is 32.2. The minimum absolute atomic E-state index is 0.0632. The van der Waals surface area contributed by atoms with Crippen molar-refractivity contribution in [1.82, 2.24) is 4.98 Å². The predicted molar refractivity (Wildman–Crippen MR) is 120 cm³/mol. The number of carboxylic acids is 1. The van der Waals surface area contributed by atoms with E-state index in [1.807, 2.05) is 24.3 Å². The van der Waals surface area contributed by atoms with Gasteiger partial charge in [-0.2, -0.15) is 0 Å². The van der Waals surface area contributed by atoms with Gasteiger partial charge in [-0.1, -0.05) is 36.4 Å². The van der Waals surface area contributed by atoms with E-state index in [2.05, 4.69) is 4.98 Å². The van der Waals surface area contributed by atoms with Crippen LogP contribution in [-0.4, -0.2) is 42.1 Å². The Labute approximate surface area is 189 Å². The SMILES string of the molecule is CC(C)([C@H]1OC[C@@H](C/C=C\CCC(=O)O)[C@@H](c2cccnc2)O1)S(=O)(=O)c1ccccc1. The fourth-order valence-electron chi connectivity index (χ4n) is 3.66. The van der Waals surface area contributed by atoms with Crippen molar-refractivity contribution in [2.75, 3.05) is 6.61 Å². The van der Waals surface area contributed by atoms with Gasteiger partial charge in [-0.05, 0) is 50.5 Å². The molecule has 1 fully saturated rings. The average Bonchev–Trinajstić information content (AvgIpc) is 2.79. The highest BCUT2D eigenvalue weighted by Crippen LogP contribution is 2.40. The third-order valence-electron chi connectivity index (χ3n) is 5.62. The van der Waals surface area contributed by atoms with Crippen LogP contribution in [0, 0.1) is 5.92 Å². The maximum atomic E-state index is 13.3. The van der Waals surface area contributed by atoms with E-state index >= 15 is 0 Å². The van der Waals surface area contributed by atoms with Crippen LogP contribution in [0.15, 0.2) is 71.9 Å². The quantitative estimate of drug-likeness (QED) is 0.561. The number of sulfone groups is 1. The maximum Gasteiger partial charge on any atom is 0.303 e. The van der Waals surface area contributed by atoms with Crippen molar-refractivity contribution in [2.45, 2.75) is 55.1 Å². The molecule has 0 spiro atoms. The van der Waals surface area contributed by atoms with E-state index in [9.17, 15) is 13.2 Å². The van der Waals surface area contributed by atoms with Gasteiger partial charge in [0.1, 0.15) is 4.75 Å². The molecule has 0 unspecified atom stereocenters. The number of aromatic nitrogens is 1. The number of carboxylic acid groups (broad SMARTS) is 1. The molecule has 1 aliphatic rings. The monoisotopic (exact) mass is 459 g/mol. The Morgan fingerprint density at radius 1 is 1.19 bits per heavy atom. The van der Waals surface area contributed by atoms with Gasteiger partial charge in [-0.3, -0.25) is 9.78 Å². The lowest BCUT2D eigenvalue weighted by atomic mass is 9.92. The number of allylic oxidation sites excluding steroid dienone is 2. The fraction of sp³-hybridized carbons (Fsp3) is 0.417. The molecule has 1 aliphatic heterocycles. The van der Waals surface area contributed by atoms with E-state index in [4.69, 9.17) is 14.6 Å². The second-order valence-corrected chi connectivity index (χ2v) is 10.9. The summed E-state index contributed by atoms with van der Waals surface area (Å²) in [4.78, 5) is 15.1. The van der Waals surface area contributed by atoms with E-state index in [-0.39, 0.29) is 17.2 Å². The number of hydrogen-bond donors (Lipinski definition) is 1. The summed E-state index contributed by atoms with van der Waals surface area (Å²) in [5.41, 5.74) is 0.845. The minimum atomic E-state index is -3.73. The van der Waals surface area contributed by atoms with Crippen LogP contribution < -0.4 is 0 Å². The first-order valence-corrected chi connectivity index (χ1v) is 12.0. The first-order valence-electron chi connectivity index (χ1n) is 10.6. The smallest absolute Gasteiger partial charge is 0.303 e. The van der Waals surface area contributed by atoms with Gasteiger partial charge in [-0.25, -0.2) is 8.42 Å².